The molecule has 1 saturated heterocycles. The third-order valence-corrected chi connectivity index (χ3v) is 5.23. The number of hydrogen-bond acceptors (Lipinski definition) is 5. The molecule has 0 unspecified atom stereocenters. The summed E-state index contributed by atoms with van der Waals surface area (Å²) in [6, 6.07) is 9.98. The van der Waals surface area contributed by atoms with Gasteiger partial charge in [-0.15, -0.1) is 0 Å². The average Bonchev–Trinajstić information content (AvgIpc) is 3.05. The highest BCUT2D eigenvalue weighted by Gasteiger charge is 2.22. The van der Waals surface area contributed by atoms with Gasteiger partial charge in [-0.3, -0.25) is 0 Å². The maximum Gasteiger partial charge on any atom is 0.321 e. The van der Waals surface area contributed by atoms with Crippen LogP contribution >= 0.6 is 0 Å². The van der Waals surface area contributed by atoms with Gasteiger partial charge < -0.3 is 15.1 Å². The number of hydrogen-bond donors (Lipinski definition) is 1. The number of nitrogens with one attached hydrogen (secondary N) is 1. The first-order valence-corrected chi connectivity index (χ1v) is 10.1. The van der Waals surface area contributed by atoms with Gasteiger partial charge in [-0.1, -0.05) is 6.07 Å². The minimum atomic E-state index is -0.0642. The number of carbonyl (C=O) groups excluding carboxylic acids is 1. The minimum absolute atomic E-state index is 0.0642. The molecule has 2 amide bonds. The molecule has 8 heteroatoms. The van der Waals surface area contributed by atoms with Crippen LogP contribution in [0, 0.1) is 27.7 Å². The molecule has 0 aliphatic carbocycles. The predicted molar refractivity (Wildman–Crippen MR) is 117 cm³/mol. The van der Waals surface area contributed by atoms with Crippen molar-refractivity contribution in [1.82, 2.24) is 24.6 Å². The highest BCUT2D eigenvalue weighted by Crippen LogP contribution is 2.19. The van der Waals surface area contributed by atoms with Crippen molar-refractivity contribution in [3.63, 3.8) is 0 Å². The van der Waals surface area contributed by atoms with E-state index < -0.39 is 0 Å². The molecule has 156 valence electrons. The summed E-state index contributed by atoms with van der Waals surface area (Å²) in [5.41, 5.74) is 5.10. The van der Waals surface area contributed by atoms with Crippen LogP contribution in [-0.4, -0.2) is 56.9 Å². The Bertz CT molecular complexity index is 1050. The number of amides is 2. The van der Waals surface area contributed by atoms with E-state index in [1.165, 1.54) is 0 Å². The van der Waals surface area contributed by atoms with E-state index in [0.29, 0.717) is 26.2 Å². The number of urea groups is 1. The Kier molecular flexibility index (Phi) is 5.39. The van der Waals surface area contributed by atoms with Gasteiger partial charge in [-0.2, -0.15) is 5.10 Å². The summed E-state index contributed by atoms with van der Waals surface area (Å²) in [6.45, 7) is 10.7. The molecule has 1 aliphatic heterocycles. The minimum Gasteiger partial charge on any atom is -0.353 e. The maximum absolute atomic E-state index is 12.7. The van der Waals surface area contributed by atoms with E-state index in [2.05, 4.69) is 31.3 Å². The molecular formula is C22H27N7O. The van der Waals surface area contributed by atoms with Crippen molar-refractivity contribution in [3.8, 4) is 5.82 Å². The summed E-state index contributed by atoms with van der Waals surface area (Å²) in [6.07, 6.45) is 1.57. The molecule has 8 nitrogen and oxygen atoms in total. The lowest BCUT2D eigenvalue weighted by Gasteiger charge is -2.35. The van der Waals surface area contributed by atoms with Crippen LogP contribution in [0.2, 0.25) is 0 Å². The van der Waals surface area contributed by atoms with E-state index in [0.717, 1.165) is 39.8 Å². The van der Waals surface area contributed by atoms with Crippen LogP contribution in [0.3, 0.4) is 0 Å². The Balaban J connectivity index is 1.40. The van der Waals surface area contributed by atoms with Gasteiger partial charge in [0.25, 0.3) is 0 Å². The highest BCUT2D eigenvalue weighted by atomic mass is 16.2. The van der Waals surface area contributed by atoms with Gasteiger partial charge in [0.2, 0.25) is 0 Å². The molecular weight excluding hydrogens is 378 g/mol. The van der Waals surface area contributed by atoms with Gasteiger partial charge in [0.15, 0.2) is 5.82 Å². The van der Waals surface area contributed by atoms with Gasteiger partial charge in [0.1, 0.15) is 12.1 Å². The molecule has 0 atom stereocenters. The van der Waals surface area contributed by atoms with Crippen LogP contribution in [0.25, 0.3) is 5.82 Å². The topological polar surface area (TPSA) is 79.2 Å². The van der Waals surface area contributed by atoms with Gasteiger partial charge in [0, 0.05) is 43.6 Å². The zero-order valence-electron chi connectivity index (χ0n) is 17.9. The van der Waals surface area contributed by atoms with Crippen LogP contribution in [0.5, 0.6) is 0 Å². The van der Waals surface area contributed by atoms with Crippen LogP contribution in [0.4, 0.5) is 16.3 Å². The zero-order valence-corrected chi connectivity index (χ0v) is 17.9. The number of anilines is 2. The quantitative estimate of drug-likeness (QED) is 0.724. The standard InChI is InChI=1S/C22H27N7O/c1-15-9-16(2)11-19(10-15)25-22(30)28-7-5-27(6-8-28)20-13-21(24-14-23-20)29-18(4)12-17(3)26-29/h9-14H,5-8H2,1-4H3,(H,25,30). The Morgan fingerprint density at radius 1 is 0.867 bits per heavy atom. The third kappa shape index (κ3) is 4.27. The first-order chi connectivity index (χ1) is 14.4. The third-order valence-electron chi connectivity index (χ3n) is 5.23. The van der Waals surface area contributed by atoms with Crippen molar-refractivity contribution >= 4 is 17.5 Å². The number of aryl methyl sites for hydroxylation is 4. The molecule has 3 heterocycles. The molecule has 1 N–H and O–H groups in total. The fourth-order valence-electron chi connectivity index (χ4n) is 3.87. The molecule has 30 heavy (non-hydrogen) atoms. The molecule has 0 spiro atoms. The second-order valence-corrected chi connectivity index (χ2v) is 7.85. The van der Waals surface area contributed by atoms with Crippen LogP contribution < -0.4 is 10.2 Å². The van der Waals surface area contributed by atoms with E-state index in [1.54, 1.807) is 6.33 Å². The Morgan fingerprint density at radius 3 is 2.17 bits per heavy atom. The van der Waals surface area contributed by atoms with Crippen LogP contribution in [0.15, 0.2) is 36.7 Å². The summed E-state index contributed by atoms with van der Waals surface area (Å²) in [5, 5.41) is 7.52. The smallest absolute Gasteiger partial charge is 0.321 e. The lowest BCUT2D eigenvalue weighted by atomic mass is 10.1. The second-order valence-electron chi connectivity index (χ2n) is 7.85. The van der Waals surface area contributed by atoms with Crippen molar-refractivity contribution in [2.24, 2.45) is 0 Å². The van der Waals surface area contributed by atoms with Crippen molar-refractivity contribution < 1.29 is 4.79 Å². The average molecular weight is 406 g/mol. The molecule has 1 fully saturated rings. The lowest BCUT2D eigenvalue weighted by Crippen LogP contribution is -2.50. The number of nitrogens with zero attached hydrogens (tertiary/aromatic N) is 6. The molecule has 2 aromatic heterocycles. The second kappa shape index (κ2) is 8.14. The summed E-state index contributed by atoms with van der Waals surface area (Å²) >= 11 is 0. The van der Waals surface area contributed by atoms with E-state index in [4.69, 9.17) is 0 Å². The number of piperazine rings is 1. The molecule has 0 bridgehead atoms. The first kappa shape index (κ1) is 19.9. The lowest BCUT2D eigenvalue weighted by molar-refractivity contribution is 0.208. The normalized spacial score (nSPS) is 14.1. The molecule has 0 radical (unpaired) electrons. The fraction of sp³-hybridized carbons (Fsp3) is 0.364. The van der Waals surface area contributed by atoms with E-state index in [-0.39, 0.29) is 6.03 Å². The Morgan fingerprint density at radius 2 is 1.53 bits per heavy atom. The van der Waals surface area contributed by atoms with Crippen LogP contribution in [0.1, 0.15) is 22.5 Å². The van der Waals surface area contributed by atoms with E-state index in [9.17, 15) is 4.79 Å². The van der Waals surface area contributed by atoms with Gasteiger partial charge in [-0.05, 0) is 57.0 Å². The van der Waals surface area contributed by atoms with Crippen LogP contribution in [-0.2, 0) is 0 Å². The number of carbonyl (C=O) groups is 1. The van der Waals surface area contributed by atoms with Gasteiger partial charge in [0.05, 0.1) is 5.69 Å². The largest absolute Gasteiger partial charge is 0.353 e. The van der Waals surface area contributed by atoms with Crippen molar-refractivity contribution in [2.45, 2.75) is 27.7 Å². The number of aromatic nitrogens is 4. The molecule has 3 aromatic rings. The zero-order chi connectivity index (χ0) is 21.3. The Hall–Kier alpha value is -3.42. The number of rotatable bonds is 3. The first-order valence-electron chi connectivity index (χ1n) is 10.1. The molecule has 1 aliphatic rings. The van der Waals surface area contributed by atoms with Crippen molar-refractivity contribution in [3.05, 3.63) is 59.2 Å². The highest BCUT2D eigenvalue weighted by molar-refractivity contribution is 5.89. The number of benzene rings is 1. The summed E-state index contributed by atoms with van der Waals surface area (Å²) in [5.74, 6) is 1.60. The SMILES string of the molecule is Cc1cc(C)cc(NC(=O)N2CCN(c3cc(-n4nc(C)cc4C)ncn3)CC2)c1. The van der Waals surface area contributed by atoms with E-state index in [1.807, 2.05) is 61.5 Å². The summed E-state index contributed by atoms with van der Waals surface area (Å²) in [4.78, 5) is 25.5. The molecule has 0 saturated carbocycles. The van der Waals surface area contributed by atoms with Crippen molar-refractivity contribution in [1.29, 1.82) is 0 Å². The monoisotopic (exact) mass is 405 g/mol. The summed E-state index contributed by atoms with van der Waals surface area (Å²) < 4.78 is 1.83. The van der Waals surface area contributed by atoms with Crippen molar-refractivity contribution in [2.75, 3.05) is 36.4 Å². The summed E-state index contributed by atoms with van der Waals surface area (Å²) in [7, 11) is 0. The van der Waals surface area contributed by atoms with Gasteiger partial charge in [-0.25, -0.2) is 19.4 Å². The Labute approximate surface area is 176 Å². The fourth-order valence-corrected chi connectivity index (χ4v) is 3.87. The molecule has 1 aromatic carbocycles. The molecule has 4 rings (SSSR count). The maximum atomic E-state index is 12.7. The predicted octanol–water partition coefficient (Wildman–Crippen LogP) is 3.25. The van der Waals surface area contributed by atoms with Gasteiger partial charge >= 0.3 is 6.03 Å². The van der Waals surface area contributed by atoms with E-state index >= 15 is 0 Å².